The highest BCUT2D eigenvalue weighted by atomic mass is 35.5. The standard InChI is InChI=1S/C19H19ClFN7O2/c1-3-19(21)10-29-8-5-13(19)28-11(2)14-17(26-28)30-7-4-6-27-16-12(15(20)25-27)9-22-18(23-14)24-16/h1,9,13H,4-8,10H2,2H3,(H,22,23,24)/t13?,19-/m1/s1. The fourth-order valence-electron chi connectivity index (χ4n) is 3.87. The van der Waals surface area contributed by atoms with E-state index >= 15 is 4.39 Å². The average molecular weight is 432 g/mol. The van der Waals surface area contributed by atoms with E-state index in [1.54, 1.807) is 15.6 Å². The van der Waals surface area contributed by atoms with E-state index in [0.717, 1.165) is 0 Å². The zero-order chi connectivity index (χ0) is 20.9. The number of hydrogen-bond donors (Lipinski definition) is 1. The molecule has 3 aromatic rings. The van der Waals surface area contributed by atoms with E-state index in [0.29, 0.717) is 72.0 Å². The molecule has 0 aliphatic carbocycles. The number of hydrogen-bond acceptors (Lipinski definition) is 7. The Balaban J connectivity index is 1.59. The van der Waals surface area contributed by atoms with Crippen LogP contribution in [0.25, 0.3) is 11.0 Å². The molecule has 0 saturated carbocycles. The minimum absolute atomic E-state index is 0.170. The molecule has 5 heterocycles. The van der Waals surface area contributed by atoms with Gasteiger partial charge in [-0.2, -0.15) is 10.1 Å². The topological polar surface area (TPSA) is 91.9 Å². The molecule has 1 saturated heterocycles. The molecule has 9 nitrogen and oxygen atoms in total. The van der Waals surface area contributed by atoms with Crippen molar-refractivity contribution in [3.63, 3.8) is 0 Å². The van der Waals surface area contributed by atoms with Crippen molar-refractivity contribution in [2.75, 3.05) is 25.1 Å². The largest absolute Gasteiger partial charge is 0.475 e. The van der Waals surface area contributed by atoms with Crippen molar-refractivity contribution in [2.45, 2.75) is 38.0 Å². The van der Waals surface area contributed by atoms with Crippen LogP contribution in [0.3, 0.4) is 0 Å². The molecule has 30 heavy (non-hydrogen) atoms. The van der Waals surface area contributed by atoms with E-state index < -0.39 is 11.7 Å². The van der Waals surface area contributed by atoms with Crippen molar-refractivity contribution in [3.05, 3.63) is 17.0 Å². The molecule has 2 aliphatic rings. The predicted octanol–water partition coefficient (Wildman–Crippen LogP) is 2.81. The Kier molecular flexibility index (Phi) is 4.52. The first kappa shape index (κ1) is 19.1. The quantitative estimate of drug-likeness (QED) is 0.592. The van der Waals surface area contributed by atoms with Crippen LogP contribution >= 0.6 is 11.6 Å². The summed E-state index contributed by atoms with van der Waals surface area (Å²) < 4.78 is 29.8. The minimum atomic E-state index is -1.95. The molecule has 0 radical (unpaired) electrons. The molecule has 1 fully saturated rings. The number of nitrogens with one attached hydrogen (secondary N) is 1. The van der Waals surface area contributed by atoms with Gasteiger partial charge in [-0.25, -0.2) is 14.1 Å². The van der Waals surface area contributed by atoms with E-state index in [2.05, 4.69) is 31.4 Å². The molecule has 2 aliphatic heterocycles. The third kappa shape index (κ3) is 2.97. The maximum atomic E-state index is 15.3. The van der Waals surface area contributed by atoms with Crippen LogP contribution in [-0.2, 0) is 11.3 Å². The molecule has 0 aromatic carbocycles. The Morgan fingerprint density at radius 3 is 3.10 bits per heavy atom. The fourth-order valence-corrected chi connectivity index (χ4v) is 4.09. The van der Waals surface area contributed by atoms with E-state index in [9.17, 15) is 0 Å². The van der Waals surface area contributed by atoms with Crippen molar-refractivity contribution in [1.29, 1.82) is 0 Å². The van der Waals surface area contributed by atoms with Gasteiger partial charge in [-0.1, -0.05) is 17.5 Å². The van der Waals surface area contributed by atoms with Crippen molar-refractivity contribution in [2.24, 2.45) is 0 Å². The molecule has 0 amide bonds. The number of anilines is 2. The number of fused-ring (bicyclic) bond motifs is 2. The lowest BCUT2D eigenvalue weighted by atomic mass is 9.93. The second kappa shape index (κ2) is 7.11. The van der Waals surface area contributed by atoms with Gasteiger partial charge in [0.2, 0.25) is 11.6 Å². The zero-order valence-electron chi connectivity index (χ0n) is 16.2. The number of ether oxygens (including phenoxy) is 2. The van der Waals surface area contributed by atoms with Crippen molar-refractivity contribution in [3.8, 4) is 18.2 Å². The SMILES string of the molecule is C#C[C@@]1(F)COCCC1n1nc2c(c1C)Nc1ncc3c(Cl)nn(c3n1)CCCO2. The smallest absolute Gasteiger partial charge is 0.257 e. The molecular formula is C19H19ClFN7O2. The highest BCUT2D eigenvalue weighted by Gasteiger charge is 2.44. The van der Waals surface area contributed by atoms with E-state index in [1.165, 1.54) is 0 Å². The van der Waals surface area contributed by atoms with Gasteiger partial charge in [-0.15, -0.1) is 11.5 Å². The Bertz CT molecular complexity index is 1170. The summed E-state index contributed by atoms with van der Waals surface area (Å²) >= 11 is 6.20. The van der Waals surface area contributed by atoms with Crippen LogP contribution in [0, 0.1) is 19.3 Å². The van der Waals surface area contributed by atoms with Crippen LogP contribution in [0.4, 0.5) is 16.0 Å². The second-order valence-electron chi connectivity index (χ2n) is 7.35. The number of terminal acetylenes is 1. The van der Waals surface area contributed by atoms with Gasteiger partial charge in [-0.05, 0) is 13.3 Å². The molecule has 5 rings (SSSR count). The van der Waals surface area contributed by atoms with Gasteiger partial charge in [0.05, 0.1) is 24.3 Å². The van der Waals surface area contributed by atoms with Gasteiger partial charge in [-0.3, -0.25) is 4.68 Å². The Labute approximate surface area is 176 Å². The van der Waals surface area contributed by atoms with Crippen molar-refractivity contribution >= 4 is 34.3 Å². The summed E-state index contributed by atoms with van der Waals surface area (Å²) in [6.07, 6.45) is 8.18. The van der Waals surface area contributed by atoms with Gasteiger partial charge in [0.1, 0.15) is 11.7 Å². The zero-order valence-corrected chi connectivity index (χ0v) is 17.0. The molecule has 3 aromatic heterocycles. The highest BCUT2D eigenvalue weighted by Crippen LogP contribution is 2.39. The first-order valence-corrected chi connectivity index (χ1v) is 10.0. The highest BCUT2D eigenvalue weighted by molar-refractivity contribution is 6.34. The monoisotopic (exact) mass is 431 g/mol. The van der Waals surface area contributed by atoms with Crippen molar-refractivity contribution < 1.29 is 13.9 Å². The first-order valence-electron chi connectivity index (χ1n) is 9.62. The lowest BCUT2D eigenvalue weighted by molar-refractivity contribution is -0.0382. The molecule has 1 unspecified atom stereocenters. The normalized spacial score (nSPS) is 23.9. The lowest BCUT2D eigenvalue weighted by Gasteiger charge is -2.34. The van der Waals surface area contributed by atoms with Crippen LogP contribution in [-0.4, -0.2) is 55.0 Å². The van der Waals surface area contributed by atoms with E-state index in [4.69, 9.17) is 27.5 Å². The van der Waals surface area contributed by atoms with Crippen LogP contribution in [0.5, 0.6) is 5.88 Å². The Morgan fingerprint density at radius 1 is 1.40 bits per heavy atom. The summed E-state index contributed by atoms with van der Waals surface area (Å²) in [4.78, 5) is 8.90. The minimum Gasteiger partial charge on any atom is -0.475 e. The fraction of sp³-hybridized carbons (Fsp3) is 0.474. The number of rotatable bonds is 1. The first-order chi connectivity index (χ1) is 14.5. The van der Waals surface area contributed by atoms with Crippen LogP contribution in [0.2, 0.25) is 5.15 Å². The Hall–Kier alpha value is -2.90. The summed E-state index contributed by atoms with van der Waals surface area (Å²) in [7, 11) is 0. The molecular weight excluding hydrogens is 413 g/mol. The number of halogens is 2. The average Bonchev–Trinajstić information content (AvgIpc) is 3.22. The maximum Gasteiger partial charge on any atom is 0.257 e. The third-order valence-corrected chi connectivity index (χ3v) is 5.74. The summed E-state index contributed by atoms with van der Waals surface area (Å²) in [6, 6.07) is -0.661. The maximum absolute atomic E-state index is 15.3. The van der Waals surface area contributed by atoms with Crippen molar-refractivity contribution in [1.82, 2.24) is 29.5 Å². The summed E-state index contributed by atoms with van der Waals surface area (Å²) in [5, 5.41) is 13.1. The van der Waals surface area contributed by atoms with E-state index in [-0.39, 0.29) is 6.61 Å². The van der Waals surface area contributed by atoms with Gasteiger partial charge >= 0.3 is 0 Å². The number of nitrogens with zero attached hydrogens (tertiary/aromatic N) is 6. The van der Waals surface area contributed by atoms with Gasteiger partial charge in [0.25, 0.3) is 5.88 Å². The van der Waals surface area contributed by atoms with Crippen LogP contribution in [0.15, 0.2) is 6.20 Å². The third-order valence-electron chi connectivity index (χ3n) is 5.46. The second-order valence-corrected chi connectivity index (χ2v) is 7.70. The van der Waals surface area contributed by atoms with Gasteiger partial charge in [0.15, 0.2) is 10.8 Å². The van der Waals surface area contributed by atoms with E-state index in [1.807, 2.05) is 6.92 Å². The Morgan fingerprint density at radius 2 is 2.27 bits per heavy atom. The van der Waals surface area contributed by atoms with Gasteiger partial charge in [0, 0.05) is 25.8 Å². The molecule has 0 spiro atoms. The molecule has 11 heteroatoms. The number of alkyl halides is 1. The number of aromatic nitrogens is 6. The van der Waals surface area contributed by atoms with Gasteiger partial charge < -0.3 is 14.8 Å². The summed E-state index contributed by atoms with van der Waals surface area (Å²) in [5.74, 6) is 2.93. The molecule has 2 atom stereocenters. The summed E-state index contributed by atoms with van der Waals surface area (Å²) in [6.45, 7) is 3.02. The predicted molar refractivity (Wildman–Crippen MR) is 108 cm³/mol. The van der Waals surface area contributed by atoms with Crippen LogP contribution in [0.1, 0.15) is 24.6 Å². The van der Waals surface area contributed by atoms with Crippen LogP contribution < -0.4 is 10.1 Å². The molecule has 2 bridgehead atoms. The molecule has 1 N–H and O–H groups in total. The number of aryl methyl sites for hydroxylation is 1. The molecule has 156 valence electrons. The summed E-state index contributed by atoms with van der Waals surface area (Å²) in [5.41, 5.74) is -0.0818. The lowest BCUT2D eigenvalue weighted by Crippen LogP contribution is -2.43.